The van der Waals surface area contributed by atoms with Crippen LogP contribution < -0.4 is 4.90 Å². The maximum absolute atomic E-state index is 11.0. The predicted octanol–water partition coefficient (Wildman–Crippen LogP) is 2.97. The molecule has 1 aromatic rings. The van der Waals surface area contributed by atoms with Gasteiger partial charge in [-0.1, -0.05) is 17.8 Å². The van der Waals surface area contributed by atoms with Crippen molar-refractivity contribution in [3.05, 3.63) is 34.9 Å². The molecule has 0 unspecified atom stereocenters. The number of ketones is 1. The van der Waals surface area contributed by atoms with Crippen molar-refractivity contribution in [1.29, 1.82) is 0 Å². The predicted molar refractivity (Wildman–Crippen MR) is 64.2 cm³/mol. The Morgan fingerprint density at radius 2 is 2.20 bits per heavy atom. The van der Waals surface area contributed by atoms with Crippen LogP contribution in [-0.2, 0) is 4.79 Å². The summed E-state index contributed by atoms with van der Waals surface area (Å²) in [6, 6.07) is 6.34. The van der Waals surface area contributed by atoms with Crippen LogP contribution in [0.15, 0.2) is 34.2 Å². The molecule has 0 spiro atoms. The summed E-state index contributed by atoms with van der Waals surface area (Å²) in [4.78, 5) is 14.3. The Kier molecular flexibility index (Phi) is 2.57. The van der Waals surface area contributed by atoms with Crippen molar-refractivity contribution in [2.75, 3.05) is 11.9 Å². The molecule has 15 heavy (non-hydrogen) atoms. The lowest BCUT2D eigenvalue weighted by Gasteiger charge is -2.13. The molecule has 2 rings (SSSR count). The van der Waals surface area contributed by atoms with Gasteiger partial charge >= 0.3 is 0 Å². The van der Waals surface area contributed by atoms with Gasteiger partial charge in [-0.15, -0.1) is 0 Å². The molecular weight excluding hydrogens is 206 g/mol. The minimum atomic E-state index is 0.0916. The number of thioether (sulfide) groups is 1. The molecule has 3 heteroatoms. The first-order valence-corrected chi connectivity index (χ1v) is 5.64. The van der Waals surface area contributed by atoms with Crippen LogP contribution in [0.1, 0.15) is 12.5 Å². The first-order valence-electron chi connectivity index (χ1n) is 4.82. The Morgan fingerprint density at radius 1 is 1.47 bits per heavy atom. The quantitative estimate of drug-likeness (QED) is 0.677. The lowest BCUT2D eigenvalue weighted by Crippen LogP contribution is -2.10. The summed E-state index contributed by atoms with van der Waals surface area (Å²) in [7, 11) is 1.99. The van der Waals surface area contributed by atoms with Crippen molar-refractivity contribution in [3.8, 4) is 0 Å². The number of carbonyl (C=O) groups is 1. The van der Waals surface area contributed by atoms with Gasteiger partial charge in [0.15, 0.2) is 5.78 Å². The number of hydrogen-bond donors (Lipinski definition) is 0. The average molecular weight is 219 g/mol. The SMILES string of the molecule is CC(=O)/C=C1\Sc2ccc(C)cc2N1C. The first-order chi connectivity index (χ1) is 7.08. The van der Waals surface area contributed by atoms with E-state index in [0.717, 1.165) is 5.03 Å². The molecule has 0 bridgehead atoms. The number of allylic oxidation sites excluding steroid dienone is 1. The molecule has 0 saturated heterocycles. The molecular formula is C12H13NOS. The number of nitrogens with zero attached hydrogens (tertiary/aromatic N) is 1. The van der Waals surface area contributed by atoms with Crippen LogP contribution in [0.2, 0.25) is 0 Å². The van der Waals surface area contributed by atoms with Crippen LogP contribution in [0.5, 0.6) is 0 Å². The third-order valence-electron chi connectivity index (χ3n) is 2.35. The Balaban J connectivity index is 2.41. The topological polar surface area (TPSA) is 20.3 Å². The van der Waals surface area contributed by atoms with Crippen LogP contribution >= 0.6 is 11.8 Å². The summed E-state index contributed by atoms with van der Waals surface area (Å²) in [6.07, 6.45) is 1.68. The Labute approximate surface area is 94.0 Å². The van der Waals surface area contributed by atoms with Crippen LogP contribution in [0, 0.1) is 6.92 Å². The summed E-state index contributed by atoms with van der Waals surface area (Å²) in [5.41, 5.74) is 2.43. The van der Waals surface area contributed by atoms with Crippen LogP contribution in [-0.4, -0.2) is 12.8 Å². The normalized spacial score (nSPS) is 17.0. The van der Waals surface area contributed by atoms with Crippen molar-refractivity contribution in [2.45, 2.75) is 18.7 Å². The Bertz CT molecular complexity index is 451. The van der Waals surface area contributed by atoms with Gasteiger partial charge in [-0.3, -0.25) is 4.79 Å². The molecule has 0 radical (unpaired) electrons. The van der Waals surface area contributed by atoms with Crippen molar-refractivity contribution >= 4 is 23.2 Å². The van der Waals surface area contributed by atoms with Crippen LogP contribution in [0.25, 0.3) is 0 Å². The zero-order chi connectivity index (χ0) is 11.0. The second-order valence-electron chi connectivity index (χ2n) is 3.73. The largest absolute Gasteiger partial charge is 0.338 e. The van der Waals surface area contributed by atoms with Crippen molar-refractivity contribution in [1.82, 2.24) is 0 Å². The van der Waals surface area contributed by atoms with Crippen molar-refractivity contribution < 1.29 is 4.79 Å². The highest BCUT2D eigenvalue weighted by Gasteiger charge is 2.21. The average Bonchev–Trinajstić information content (AvgIpc) is 2.44. The molecule has 1 aromatic carbocycles. The van der Waals surface area contributed by atoms with E-state index >= 15 is 0 Å². The fraction of sp³-hybridized carbons (Fsp3) is 0.250. The standard InChI is InChI=1S/C12H13NOS/c1-8-4-5-11-10(6-8)13(3)12(15-11)7-9(2)14/h4-7H,1-3H3/b12-7-. The molecule has 0 aromatic heterocycles. The van der Waals surface area contributed by atoms with Gasteiger partial charge in [0.1, 0.15) is 0 Å². The number of fused-ring (bicyclic) bond motifs is 1. The molecule has 1 aliphatic rings. The summed E-state index contributed by atoms with van der Waals surface area (Å²) in [5, 5.41) is 1.00. The van der Waals surface area contributed by atoms with E-state index < -0.39 is 0 Å². The van der Waals surface area contributed by atoms with Gasteiger partial charge in [0.05, 0.1) is 10.7 Å². The molecule has 2 nitrogen and oxygen atoms in total. The maximum atomic E-state index is 11.0. The van der Waals surface area contributed by atoms with Crippen molar-refractivity contribution in [2.24, 2.45) is 0 Å². The van der Waals surface area contributed by atoms with E-state index in [9.17, 15) is 4.79 Å². The van der Waals surface area contributed by atoms with Gasteiger partial charge in [0, 0.05) is 18.0 Å². The number of hydrogen-bond acceptors (Lipinski definition) is 3. The van der Waals surface area contributed by atoms with Crippen LogP contribution in [0.3, 0.4) is 0 Å². The lowest BCUT2D eigenvalue weighted by atomic mass is 10.2. The second-order valence-corrected chi connectivity index (χ2v) is 4.79. The number of benzene rings is 1. The van der Waals surface area contributed by atoms with Gasteiger partial charge in [0.25, 0.3) is 0 Å². The van der Waals surface area contributed by atoms with Crippen molar-refractivity contribution in [3.63, 3.8) is 0 Å². The second kappa shape index (κ2) is 3.74. The summed E-state index contributed by atoms with van der Waals surface area (Å²) >= 11 is 1.65. The fourth-order valence-electron chi connectivity index (χ4n) is 1.58. The first kappa shape index (κ1) is 10.3. The Morgan fingerprint density at radius 3 is 2.87 bits per heavy atom. The zero-order valence-electron chi connectivity index (χ0n) is 9.07. The highest BCUT2D eigenvalue weighted by molar-refractivity contribution is 8.03. The number of aryl methyl sites for hydroxylation is 1. The van der Waals surface area contributed by atoms with E-state index in [1.165, 1.54) is 16.1 Å². The highest BCUT2D eigenvalue weighted by Crippen LogP contribution is 2.45. The Hall–Kier alpha value is -1.22. The molecule has 0 saturated carbocycles. The molecule has 1 heterocycles. The van der Waals surface area contributed by atoms with Gasteiger partial charge in [-0.05, 0) is 31.5 Å². The summed E-state index contributed by atoms with van der Waals surface area (Å²) < 4.78 is 0. The highest BCUT2D eigenvalue weighted by atomic mass is 32.2. The van der Waals surface area contributed by atoms with Gasteiger partial charge in [-0.2, -0.15) is 0 Å². The van der Waals surface area contributed by atoms with Gasteiger partial charge < -0.3 is 4.90 Å². The smallest absolute Gasteiger partial charge is 0.155 e. The zero-order valence-corrected chi connectivity index (χ0v) is 9.89. The van der Waals surface area contributed by atoms with E-state index in [4.69, 9.17) is 0 Å². The van der Waals surface area contributed by atoms with Crippen LogP contribution in [0.4, 0.5) is 5.69 Å². The molecule has 0 N–H and O–H groups in total. The molecule has 1 aliphatic heterocycles. The van der Waals surface area contributed by atoms with E-state index in [1.807, 2.05) is 7.05 Å². The fourth-order valence-corrected chi connectivity index (χ4v) is 2.70. The number of carbonyl (C=O) groups excluding carboxylic acids is 1. The molecule has 0 aliphatic carbocycles. The summed E-state index contributed by atoms with van der Waals surface area (Å²) in [6.45, 7) is 3.65. The number of anilines is 1. The van der Waals surface area contributed by atoms with E-state index in [1.54, 1.807) is 24.8 Å². The van der Waals surface area contributed by atoms with E-state index in [2.05, 4.69) is 30.0 Å². The molecule has 0 fully saturated rings. The third-order valence-corrected chi connectivity index (χ3v) is 3.51. The van der Waals surface area contributed by atoms with Gasteiger partial charge in [0.2, 0.25) is 0 Å². The third kappa shape index (κ3) is 1.92. The lowest BCUT2D eigenvalue weighted by molar-refractivity contribution is -0.112. The van der Waals surface area contributed by atoms with E-state index in [0.29, 0.717) is 0 Å². The summed E-state index contributed by atoms with van der Waals surface area (Å²) in [5.74, 6) is 0.0916. The maximum Gasteiger partial charge on any atom is 0.155 e. The molecule has 78 valence electrons. The van der Waals surface area contributed by atoms with E-state index in [-0.39, 0.29) is 5.78 Å². The minimum Gasteiger partial charge on any atom is -0.338 e. The monoisotopic (exact) mass is 219 g/mol. The van der Waals surface area contributed by atoms with Gasteiger partial charge in [-0.25, -0.2) is 0 Å². The number of rotatable bonds is 1. The molecule has 0 atom stereocenters. The minimum absolute atomic E-state index is 0.0916. The molecule has 0 amide bonds.